The van der Waals surface area contributed by atoms with Crippen LogP contribution in [0.1, 0.15) is 11.1 Å². The molecule has 0 unspecified atom stereocenters. The topological polar surface area (TPSA) is 0 Å². The highest BCUT2D eigenvalue weighted by Crippen LogP contribution is 2.11. The largest absolute Gasteiger partial charge is 0.0609 e. The van der Waals surface area contributed by atoms with Crippen LogP contribution >= 0.6 is 0 Å². The van der Waals surface area contributed by atoms with Gasteiger partial charge in [-0.15, -0.1) is 0 Å². The van der Waals surface area contributed by atoms with E-state index in [1.807, 2.05) is 24.3 Å². The van der Waals surface area contributed by atoms with Crippen LogP contribution in [0.25, 0.3) is 0 Å². The highest BCUT2D eigenvalue weighted by atomic mass is 14.0. The molecule has 0 aromatic heterocycles. The zero-order valence-electron chi connectivity index (χ0n) is 4.31. The Morgan fingerprint density at radius 3 is 1.62 bits per heavy atom. The second-order valence-electron chi connectivity index (χ2n) is 1.80. The summed E-state index contributed by atoms with van der Waals surface area (Å²) in [4.78, 5) is 0. The lowest BCUT2D eigenvalue weighted by Gasteiger charge is -2.00. The Hall–Kier alpha value is -1.22. The van der Waals surface area contributed by atoms with Crippen molar-refractivity contribution in [3.8, 4) is 11.8 Å². The zero-order chi connectivity index (χ0) is 5.40. The van der Waals surface area contributed by atoms with Gasteiger partial charge in [0.15, 0.2) is 0 Å². The lowest BCUT2D eigenvalue weighted by molar-refractivity contribution is 1.54. The summed E-state index contributed by atoms with van der Waals surface area (Å²) in [6, 6.07) is 8.08. The maximum absolute atomic E-state index is 2.94. The van der Waals surface area contributed by atoms with Crippen molar-refractivity contribution in [3.05, 3.63) is 35.4 Å². The third-order valence-electron chi connectivity index (χ3n) is 1.26. The molecular weight excluding hydrogens is 96.1 g/mol. The summed E-state index contributed by atoms with van der Waals surface area (Å²) in [6.45, 7) is 0. The fourth-order valence-corrected chi connectivity index (χ4v) is 0.773. The van der Waals surface area contributed by atoms with E-state index in [4.69, 9.17) is 0 Å². The highest BCUT2D eigenvalue weighted by Gasteiger charge is 1.99. The van der Waals surface area contributed by atoms with E-state index >= 15 is 0 Å². The fourth-order valence-electron chi connectivity index (χ4n) is 0.773. The summed E-state index contributed by atoms with van der Waals surface area (Å²) in [5, 5.41) is 0. The first-order chi connectivity index (χ1) is 3.97. The van der Waals surface area contributed by atoms with Crippen LogP contribution in [-0.2, 0) is 0 Å². The molecule has 0 heterocycles. The standard InChI is InChI=1S/C8H4/c1-2-4-8-6-5-7(8)3-1/h1-4H. The number of fused-ring (bicyclic) bond motifs is 1. The molecule has 2 rings (SSSR count). The Morgan fingerprint density at radius 1 is 0.875 bits per heavy atom. The van der Waals surface area contributed by atoms with Gasteiger partial charge in [0.2, 0.25) is 0 Å². The summed E-state index contributed by atoms with van der Waals surface area (Å²) >= 11 is 0. The summed E-state index contributed by atoms with van der Waals surface area (Å²) in [5.41, 5.74) is 2.38. The molecule has 0 spiro atoms. The quantitative estimate of drug-likeness (QED) is 0.439. The van der Waals surface area contributed by atoms with Crippen LogP contribution in [0.3, 0.4) is 0 Å². The maximum atomic E-state index is 2.94. The number of hydrogen-bond donors (Lipinski definition) is 0. The number of rotatable bonds is 0. The van der Waals surface area contributed by atoms with E-state index in [0.29, 0.717) is 0 Å². The highest BCUT2D eigenvalue weighted by molar-refractivity contribution is 5.59. The molecule has 0 radical (unpaired) electrons. The maximum Gasteiger partial charge on any atom is 0.0405 e. The molecule has 0 aliphatic heterocycles. The predicted molar refractivity (Wildman–Crippen MR) is 32.4 cm³/mol. The Bertz CT molecular complexity index is 247. The number of benzene rings is 1. The Labute approximate surface area is 48.2 Å². The fraction of sp³-hybridized carbons (Fsp3) is 0. The van der Waals surface area contributed by atoms with Gasteiger partial charge in [0.25, 0.3) is 0 Å². The van der Waals surface area contributed by atoms with Crippen LogP contribution in [0.15, 0.2) is 24.3 Å². The minimum atomic E-state index is 1.19. The van der Waals surface area contributed by atoms with E-state index in [2.05, 4.69) is 11.8 Å². The Kier molecular flexibility index (Phi) is 0.532. The van der Waals surface area contributed by atoms with Gasteiger partial charge in [-0.25, -0.2) is 0 Å². The molecule has 8 heavy (non-hydrogen) atoms. The van der Waals surface area contributed by atoms with E-state index in [9.17, 15) is 0 Å². The first-order valence-electron chi connectivity index (χ1n) is 2.58. The van der Waals surface area contributed by atoms with Gasteiger partial charge >= 0.3 is 0 Å². The molecule has 0 saturated heterocycles. The van der Waals surface area contributed by atoms with Gasteiger partial charge in [-0.3, -0.25) is 0 Å². The molecule has 0 fully saturated rings. The molecule has 1 aromatic carbocycles. The van der Waals surface area contributed by atoms with Crippen molar-refractivity contribution < 1.29 is 0 Å². The average Bonchev–Trinajstić information content (AvgIpc) is 1.72. The van der Waals surface area contributed by atoms with Gasteiger partial charge in [-0.1, -0.05) is 24.0 Å². The van der Waals surface area contributed by atoms with Gasteiger partial charge in [0.1, 0.15) is 0 Å². The first kappa shape index (κ1) is 3.74. The normalized spacial score (nSPS) is 10.5. The molecule has 0 heteroatoms. The first-order valence-corrected chi connectivity index (χ1v) is 2.58. The molecular formula is C8H4. The van der Waals surface area contributed by atoms with Crippen molar-refractivity contribution in [2.45, 2.75) is 0 Å². The van der Waals surface area contributed by atoms with Crippen LogP contribution in [-0.4, -0.2) is 0 Å². The molecule has 0 atom stereocenters. The zero-order valence-corrected chi connectivity index (χ0v) is 4.31. The molecule has 36 valence electrons. The smallest absolute Gasteiger partial charge is 0.0405 e. The van der Waals surface area contributed by atoms with Crippen LogP contribution in [0.2, 0.25) is 0 Å². The van der Waals surface area contributed by atoms with Crippen LogP contribution in [0, 0.1) is 11.8 Å². The second-order valence-corrected chi connectivity index (χ2v) is 1.80. The summed E-state index contributed by atoms with van der Waals surface area (Å²) in [5.74, 6) is 5.88. The lowest BCUT2D eigenvalue weighted by atomic mass is 10.0. The Morgan fingerprint density at radius 2 is 1.38 bits per heavy atom. The van der Waals surface area contributed by atoms with Gasteiger partial charge in [-0.05, 0) is 12.1 Å². The van der Waals surface area contributed by atoms with E-state index in [1.54, 1.807) is 0 Å². The molecule has 1 aromatic rings. The van der Waals surface area contributed by atoms with Crippen molar-refractivity contribution in [3.63, 3.8) is 0 Å². The van der Waals surface area contributed by atoms with E-state index < -0.39 is 0 Å². The molecule has 1 aliphatic rings. The monoisotopic (exact) mass is 100 g/mol. The summed E-state index contributed by atoms with van der Waals surface area (Å²) in [7, 11) is 0. The predicted octanol–water partition coefficient (Wildman–Crippen LogP) is 1.40. The second kappa shape index (κ2) is 1.14. The number of hydrogen-bond acceptors (Lipinski definition) is 0. The average molecular weight is 100 g/mol. The van der Waals surface area contributed by atoms with Gasteiger partial charge in [-0.2, -0.15) is 0 Å². The van der Waals surface area contributed by atoms with Crippen LogP contribution < -0.4 is 0 Å². The third-order valence-corrected chi connectivity index (χ3v) is 1.26. The Balaban J connectivity index is 2.77. The van der Waals surface area contributed by atoms with E-state index in [1.165, 1.54) is 11.1 Å². The minimum absolute atomic E-state index is 1.19. The lowest BCUT2D eigenvalue weighted by Crippen LogP contribution is -1.89. The van der Waals surface area contributed by atoms with Crippen molar-refractivity contribution >= 4 is 0 Å². The van der Waals surface area contributed by atoms with Gasteiger partial charge in [0, 0.05) is 11.1 Å². The van der Waals surface area contributed by atoms with Crippen LogP contribution in [0.5, 0.6) is 0 Å². The van der Waals surface area contributed by atoms with E-state index in [-0.39, 0.29) is 0 Å². The van der Waals surface area contributed by atoms with Crippen molar-refractivity contribution in [2.24, 2.45) is 0 Å². The summed E-state index contributed by atoms with van der Waals surface area (Å²) < 4.78 is 0. The van der Waals surface area contributed by atoms with Crippen molar-refractivity contribution in [1.29, 1.82) is 0 Å². The molecule has 1 aliphatic carbocycles. The van der Waals surface area contributed by atoms with Gasteiger partial charge in [0.05, 0.1) is 0 Å². The molecule has 0 bridgehead atoms. The van der Waals surface area contributed by atoms with Crippen molar-refractivity contribution in [1.82, 2.24) is 0 Å². The van der Waals surface area contributed by atoms with E-state index in [0.717, 1.165) is 0 Å². The molecule has 0 saturated carbocycles. The molecule has 0 nitrogen and oxygen atoms in total. The van der Waals surface area contributed by atoms with Crippen LogP contribution in [0.4, 0.5) is 0 Å². The van der Waals surface area contributed by atoms with Gasteiger partial charge < -0.3 is 0 Å². The minimum Gasteiger partial charge on any atom is -0.0609 e. The molecule has 0 N–H and O–H groups in total. The van der Waals surface area contributed by atoms with Crippen molar-refractivity contribution in [2.75, 3.05) is 0 Å². The molecule has 0 amide bonds. The summed E-state index contributed by atoms with van der Waals surface area (Å²) in [6.07, 6.45) is 0. The SMILES string of the molecule is C1#Cc2ccccc21. The third kappa shape index (κ3) is 0.313.